The number of halogens is 4. The minimum absolute atomic E-state index is 0.0548. The van der Waals surface area contributed by atoms with Gasteiger partial charge >= 0.3 is 12.1 Å². The highest BCUT2D eigenvalue weighted by Gasteiger charge is 2.52. The molecule has 2 aliphatic rings. The maximum Gasteiger partial charge on any atom is 0.416 e. The zero-order valence-electron chi connectivity index (χ0n) is 13.7. The van der Waals surface area contributed by atoms with Crippen LogP contribution in [0.1, 0.15) is 28.8 Å². The quantitative estimate of drug-likeness (QED) is 0.840. The summed E-state index contributed by atoms with van der Waals surface area (Å²) in [6.07, 6.45) is -3.62. The Morgan fingerprint density at radius 3 is 2.50 bits per heavy atom. The Labute approximate surface area is 152 Å². The number of hydrogen-bond acceptors (Lipinski definition) is 3. The van der Waals surface area contributed by atoms with Crippen LogP contribution in [0.5, 0.6) is 0 Å². The number of rotatable bonds is 2. The van der Waals surface area contributed by atoms with Gasteiger partial charge in [-0.05, 0) is 31.0 Å². The summed E-state index contributed by atoms with van der Waals surface area (Å²) >= 11 is 5.94. The van der Waals surface area contributed by atoms with E-state index in [1.165, 1.54) is 4.90 Å². The van der Waals surface area contributed by atoms with Gasteiger partial charge in [0, 0.05) is 31.7 Å². The maximum absolute atomic E-state index is 12.9. The number of carboxylic acids is 1. The van der Waals surface area contributed by atoms with Crippen molar-refractivity contribution in [1.82, 2.24) is 4.90 Å². The summed E-state index contributed by atoms with van der Waals surface area (Å²) in [4.78, 5) is 25.8. The van der Waals surface area contributed by atoms with Gasteiger partial charge in [0.2, 0.25) is 0 Å². The fraction of sp³-hybridized carbons (Fsp3) is 0.529. The average molecular weight is 392 g/mol. The molecule has 5 nitrogen and oxygen atoms in total. The molecule has 0 aliphatic carbocycles. The SMILES string of the molecule is O=C(O)C1CN(C(=O)c2cc(C(F)(F)F)ccc2Cl)CC12CCOCC2. The first-order valence-corrected chi connectivity index (χ1v) is 8.48. The van der Waals surface area contributed by atoms with Gasteiger partial charge in [0.25, 0.3) is 5.91 Å². The van der Waals surface area contributed by atoms with Crippen LogP contribution in [0.2, 0.25) is 5.02 Å². The minimum atomic E-state index is -4.60. The van der Waals surface area contributed by atoms with Crippen molar-refractivity contribution in [1.29, 1.82) is 0 Å². The first kappa shape index (κ1) is 19.0. The van der Waals surface area contributed by atoms with Gasteiger partial charge in [0.15, 0.2) is 0 Å². The highest BCUT2D eigenvalue weighted by atomic mass is 35.5. The van der Waals surface area contributed by atoms with E-state index in [0.29, 0.717) is 26.1 Å². The lowest BCUT2D eigenvalue weighted by atomic mass is 9.72. The van der Waals surface area contributed by atoms with E-state index >= 15 is 0 Å². The standard InChI is InChI=1S/C17H17ClF3NO4/c18-13-2-1-10(17(19,20)21)7-11(13)14(23)22-8-12(15(24)25)16(9-22)3-5-26-6-4-16/h1-2,7,12H,3-6,8-9H2,(H,24,25). The van der Waals surface area contributed by atoms with Crippen LogP contribution in [0.4, 0.5) is 13.2 Å². The van der Waals surface area contributed by atoms with Crippen LogP contribution in [-0.2, 0) is 15.7 Å². The number of likely N-dealkylation sites (tertiary alicyclic amines) is 1. The molecule has 1 N–H and O–H groups in total. The van der Waals surface area contributed by atoms with Gasteiger partial charge in [-0.3, -0.25) is 9.59 Å². The molecule has 0 saturated carbocycles. The van der Waals surface area contributed by atoms with E-state index < -0.39 is 34.9 Å². The summed E-state index contributed by atoms with van der Waals surface area (Å²) in [7, 11) is 0. The zero-order chi connectivity index (χ0) is 19.1. The highest BCUT2D eigenvalue weighted by Crippen LogP contribution is 2.45. The second-order valence-electron chi connectivity index (χ2n) is 6.74. The first-order chi connectivity index (χ1) is 12.1. The summed E-state index contributed by atoms with van der Waals surface area (Å²) in [5, 5.41) is 9.46. The molecular weight excluding hydrogens is 375 g/mol. The van der Waals surface area contributed by atoms with Gasteiger partial charge in [-0.15, -0.1) is 0 Å². The number of alkyl halides is 3. The van der Waals surface area contributed by atoms with Gasteiger partial charge in [-0.2, -0.15) is 13.2 Å². The number of amides is 1. The van der Waals surface area contributed by atoms with E-state index in [4.69, 9.17) is 16.3 Å². The third kappa shape index (κ3) is 3.40. The van der Waals surface area contributed by atoms with Gasteiger partial charge in [-0.25, -0.2) is 0 Å². The van der Waals surface area contributed by atoms with Crippen molar-refractivity contribution < 1.29 is 32.6 Å². The molecule has 0 bridgehead atoms. The molecule has 2 heterocycles. The Morgan fingerprint density at radius 1 is 1.27 bits per heavy atom. The van der Waals surface area contributed by atoms with Crippen molar-refractivity contribution in [2.45, 2.75) is 19.0 Å². The minimum Gasteiger partial charge on any atom is -0.481 e. The lowest BCUT2D eigenvalue weighted by Crippen LogP contribution is -2.40. The maximum atomic E-state index is 12.9. The van der Waals surface area contributed by atoms with Crippen molar-refractivity contribution in [3.05, 3.63) is 34.3 Å². The highest BCUT2D eigenvalue weighted by molar-refractivity contribution is 6.33. The van der Waals surface area contributed by atoms with Crippen molar-refractivity contribution >= 4 is 23.5 Å². The predicted octanol–water partition coefficient (Wildman–Crippen LogP) is 3.31. The van der Waals surface area contributed by atoms with Crippen LogP contribution in [0.15, 0.2) is 18.2 Å². The van der Waals surface area contributed by atoms with Crippen molar-refractivity contribution in [2.24, 2.45) is 11.3 Å². The second kappa shape index (κ2) is 6.74. The predicted molar refractivity (Wildman–Crippen MR) is 86.0 cm³/mol. The van der Waals surface area contributed by atoms with Gasteiger partial charge in [0.1, 0.15) is 0 Å². The van der Waals surface area contributed by atoms with Crippen molar-refractivity contribution in [2.75, 3.05) is 26.3 Å². The number of carboxylic acid groups (broad SMARTS) is 1. The van der Waals surface area contributed by atoms with Crippen molar-refractivity contribution in [3.8, 4) is 0 Å². The Balaban J connectivity index is 1.90. The zero-order valence-corrected chi connectivity index (χ0v) is 14.4. The number of ether oxygens (including phenoxy) is 1. The lowest BCUT2D eigenvalue weighted by Gasteiger charge is -2.36. The molecule has 9 heteroatoms. The Kier molecular flexibility index (Phi) is 4.92. The van der Waals surface area contributed by atoms with E-state index in [1.54, 1.807) is 0 Å². The second-order valence-corrected chi connectivity index (χ2v) is 7.15. The summed E-state index contributed by atoms with van der Waals surface area (Å²) < 4.78 is 44.1. The van der Waals surface area contributed by atoms with Gasteiger partial charge < -0.3 is 14.7 Å². The largest absolute Gasteiger partial charge is 0.481 e. The van der Waals surface area contributed by atoms with Crippen LogP contribution in [0.25, 0.3) is 0 Å². The summed E-state index contributed by atoms with van der Waals surface area (Å²) in [5.74, 6) is -2.48. The average Bonchev–Trinajstić information content (AvgIpc) is 2.93. The monoisotopic (exact) mass is 391 g/mol. The summed E-state index contributed by atoms with van der Waals surface area (Å²) in [5.41, 5.74) is -1.86. The van der Waals surface area contributed by atoms with Crippen LogP contribution in [0, 0.1) is 11.3 Å². The van der Waals surface area contributed by atoms with Crippen LogP contribution in [0.3, 0.4) is 0 Å². The van der Waals surface area contributed by atoms with Crippen LogP contribution >= 0.6 is 11.6 Å². The molecule has 2 fully saturated rings. The first-order valence-electron chi connectivity index (χ1n) is 8.11. The fourth-order valence-corrected chi connectivity index (χ4v) is 3.98. The number of nitrogens with zero attached hydrogens (tertiary/aromatic N) is 1. The molecule has 1 amide bonds. The lowest BCUT2D eigenvalue weighted by molar-refractivity contribution is -0.147. The topological polar surface area (TPSA) is 66.8 Å². The fourth-order valence-electron chi connectivity index (χ4n) is 3.78. The Morgan fingerprint density at radius 2 is 1.92 bits per heavy atom. The number of benzene rings is 1. The third-order valence-electron chi connectivity index (χ3n) is 5.25. The molecule has 0 radical (unpaired) electrons. The molecule has 1 spiro atoms. The van der Waals surface area contributed by atoms with Crippen LogP contribution in [-0.4, -0.2) is 48.2 Å². The van der Waals surface area contributed by atoms with E-state index in [1.807, 2.05) is 0 Å². The molecule has 142 valence electrons. The van der Waals surface area contributed by atoms with Gasteiger partial charge in [-0.1, -0.05) is 11.6 Å². The molecule has 1 aromatic carbocycles. The van der Waals surface area contributed by atoms with E-state index in [9.17, 15) is 27.9 Å². The molecular formula is C17H17ClF3NO4. The molecule has 26 heavy (non-hydrogen) atoms. The molecule has 0 aromatic heterocycles. The number of aliphatic carboxylic acids is 1. The molecule has 1 aromatic rings. The number of hydrogen-bond donors (Lipinski definition) is 1. The normalized spacial score (nSPS) is 22.6. The Bertz CT molecular complexity index is 731. The number of carbonyl (C=O) groups is 2. The Hall–Kier alpha value is -1.80. The molecule has 1 unspecified atom stereocenters. The molecule has 3 rings (SSSR count). The van der Waals surface area contributed by atoms with Crippen LogP contribution < -0.4 is 0 Å². The van der Waals surface area contributed by atoms with E-state index in [0.717, 1.165) is 18.2 Å². The van der Waals surface area contributed by atoms with E-state index in [2.05, 4.69) is 0 Å². The van der Waals surface area contributed by atoms with Crippen molar-refractivity contribution in [3.63, 3.8) is 0 Å². The third-order valence-corrected chi connectivity index (χ3v) is 5.58. The molecule has 2 saturated heterocycles. The van der Waals surface area contributed by atoms with E-state index in [-0.39, 0.29) is 23.7 Å². The van der Waals surface area contributed by atoms with Gasteiger partial charge in [0.05, 0.1) is 22.1 Å². The smallest absolute Gasteiger partial charge is 0.416 e. The molecule has 2 aliphatic heterocycles. The summed E-state index contributed by atoms with van der Waals surface area (Å²) in [6, 6.07) is 2.56. The number of carbonyl (C=O) groups excluding carboxylic acids is 1. The summed E-state index contributed by atoms with van der Waals surface area (Å²) in [6.45, 7) is 0.908. The molecule has 1 atom stereocenters.